The number of halogens is 3. The highest BCUT2D eigenvalue weighted by Gasteiger charge is 2.21. The third kappa shape index (κ3) is 4.88. The lowest BCUT2D eigenvalue weighted by molar-refractivity contribution is -0.113. The first-order valence-corrected chi connectivity index (χ1v) is 11.1. The zero-order valence-corrected chi connectivity index (χ0v) is 18.7. The van der Waals surface area contributed by atoms with Crippen molar-refractivity contribution in [3.05, 3.63) is 78.4 Å². The van der Waals surface area contributed by atoms with E-state index in [9.17, 15) is 18.0 Å². The van der Waals surface area contributed by atoms with Crippen molar-refractivity contribution in [3.8, 4) is 22.8 Å². The van der Waals surface area contributed by atoms with E-state index >= 15 is 0 Å². The lowest BCUT2D eigenvalue weighted by atomic mass is 10.2. The molecule has 0 saturated heterocycles. The van der Waals surface area contributed by atoms with Gasteiger partial charge in [-0.25, -0.2) is 13.2 Å². The predicted octanol–water partition coefficient (Wildman–Crippen LogP) is 4.88. The quantitative estimate of drug-likeness (QED) is 0.283. The summed E-state index contributed by atoms with van der Waals surface area (Å²) in [5, 5.41) is 11.1. The molecule has 2 heterocycles. The Kier molecular flexibility index (Phi) is 7.12. The number of rotatable bonds is 8. The molecule has 11 heteroatoms. The minimum atomic E-state index is -1.65. The van der Waals surface area contributed by atoms with Gasteiger partial charge < -0.3 is 10.1 Å². The highest BCUT2D eigenvalue weighted by atomic mass is 32.2. The first kappa shape index (κ1) is 23.3. The van der Waals surface area contributed by atoms with E-state index in [0.717, 1.165) is 23.9 Å². The Morgan fingerprint density at radius 1 is 1.06 bits per heavy atom. The summed E-state index contributed by atoms with van der Waals surface area (Å²) in [5.74, 6) is -4.22. The van der Waals surface area contributed by atoms with Crippen LogP contribution in [0.4, 0.5) is 18.9 Å². The molecule has 0 aliphatic rings. The molecular formula is C23H18F3N5O2S. The minimum Gasteiger partial charge on any atom is -0.492 e. The molecule has 0 fully saturated rings. The van der Waals surface area contributed by atoms with E-state index in [-0.39, 0.29) is 5.75 Å². The molecule has 4 rings (SSSR count). The summed E-state index contributed by atoms with van der Waals surface area (Å²) in [6.45, 7) is 2.30. The van der Waals surface area contributed by atoms with Crippen molar-refractivity contribution in [1.29, 1.82) is 0 Å². The Hall–Kier alpha value is -3.86. The molecule has 0 atom stereocenters. The molecule has 34 heavy (non-hydrogen) atoms. The van der Waals surface area contributed by atoms with Crippen LogP contribution in [0.2, 0.25) is 0 Å². The van der Waals surface area contributed by atoms with Crippen molar-refractivity contribution in [2.24, 2.45) is 0 Å². The molecule has 0 bridgehead atoms. The smallest absolute Gasteiger partial charge is 0.234 e. The van der Waals surface area contributed by atoms with E-state index in [2.05, 4.69) is 20.5 Å². The van der Waals surface area contributed by atoms with Crippen molar-refractivity contribution in [3.63, 3.8) is 0 Å². The molecule has 4 aromatic rings. The van der Waals surface area contributed by atoms with Crippen LogP contribution in [-0.2, 0) is 4.79 Å². The fraction of sp³-hybridized carbons (Fsp3) is 0.130. The summed E-state index contributed by atoms with van der Waals surface area (Å²) in [6.07, 6.45) is 3.27. The number of carbonyl (C=O) groups is 1. The zero-order valence-electron chi connectivity index (χ0n) is 17.8. The number of ether oxygens (including phenoxy) is 1. The van der Waals surface area contributed by atoms with Gasteiger partial charge >= 0.3 is 0 Å². The van der Waals surface area contributed by atoms with Crippen molar-refractivity contribution in [2.45, 2.75) is 12.1 Å². The number of pyridine rings is 1. The number of nitrogens with zero attached hydrogens (tertiary/aromatic N) is 4. The highest BCUT2D eigenvalue weighted by Crippen LogP contribution is 2.32. The molecule has 0 saturated carbocycles. The molecule has 1 amide bonds. The van der Waals surface area contributed by atoms with Crippen LogP contribution in [0.15, 0.2) is 66.1 Å². The number of benzene rings is 2. The molecule has 0 radical (unpaired) electrons. The Balaban J connectivity index is 1.63. The third-order valence-corrected chi connectivity index (χ3v) is 5.53. The number of hydrogen-bond acceptors (Lipinski definition) is 6. The Morgan fingerprint density at radius 3 is 2.65 bits per heavy atom. The number of hydrogen-bond donors (Lipinski definition) is 1. The largest absolute Gasteiger partial charge is 0.492 e. The van der Waals surface area contributed by atoms with Crippen molar-refractivity contribution >= 4 is 23.4 Å². The van der Waals surface area contributed by atoms with Gasteiger partial charge in [0.05, 0.1) is 23.7 Å². The van der Waals surface area contributed by atoms with Crippen LogP contribution in [0.3, 0.4) is 0 Å². The van der Waals surface area contributed by atoms with Crippen LogP contribution in [-0.4, -0.2) is 38.0 Å². The number of anilines is 1. The second kappa shape index (κ2) is 10.4. The second-order valence-electron chi connectivity index (χ2n) is 6.84. The molecule has 0 unspecified atom stereocenters. The number of thioether (sulfide) groups is 1. The summed E-state index contributed by atoms with van der Waals surface area (Å²) < 4.78 is 48.0. The Morgan fingerprint density at radius 2 is 1.88 bits per heavy atom. The average Bonchev–Trinajstić information content (AvgIpc) is 3.28. The lowest BCUT2D eigenvalue weighted by Crippen LogP contribution is -2.16. The van der Waals surface area contributed by atoms with Gasteiger partial charge in [-0.3, -0.25) is 14.3 Å². The molecule has 1 N–H and O–H groups in total. The van der Waals surface area contributed by atoms with Crippen LogP contribution in [0.1, 0.15) is 6.92 Å². The van der Waals surface area contributed by atoms with E-state index in [1.807, 2.05) is 31.2 Å². The topological polar surface area (TPSA) is 81.9 Å². The fourth-order valence-corrected chi connectivity index (χ4v) is 3.87. The number of carbonyl (C=O) groups excluding carboxylic acids is 1. The van der Waals surface area contributed by atoms with Gasteiger partial charge in [0, 0.05) is 18.0 Å². The molecule has 0 aliphatic carbocycles. The van der Waals surface area contributed by atoms with Gasteiger partial charge in [0.25, 0.3) is 0 Å². The number of aromatic nitrogens is 4. The van der Waals surface area contributed by atoms with E-state index < -0.39 is 29.0 Å². The zero-order chi connectivity index (χ0) is 24.1. The number of nitrogens with one attached hydrogen (secondary N) is 1. The molecule has 174 valence electrons. The van der Waals surface area contributed by atoms with Gasteiger partial charge in [-0.2, -0.15) is 0 Å². The third-order valence-electron chi connectivity index (χ3n) is 4.60. The standard InChI is InChI=1S/C23H18F3N5O2S/c1-2-33-18-8-4-3-7-17(18)31-22(14-6-5-11-27-12-14)29-30-23(31)34-13-19(32)28-16-10-9-15(24)20(25)21(16)26/h3-12H,2,13H2,1H3,(H,28,32). The maximum atomic E-state index is 13.9. The first-order valence-electron chi connectivity index (χ1n) is 10.1. The molecule has 0 aliphatic heterocycles. The van der Waals surface area contributed by atoms with Gasteiger partial charge in [0.1, 0.15) is 5.75 Å². The lowest BCUT2D eigenvalue weighted by Gasteiger charge is -2.14. The van der Waals surface area contributed by atoms with Crippen molar-refractivity contribution in [1.82, 2.24) is 19.7 Å². The Bertz CT molecular complexity index is 1320. The fourth-order valence-electron chi connectivity index (χ4n) is 3.12. The molecule has 7 nitrogen and oxygen atoms in total. The SMILES string of the molecule is CCOc1ccccc1-n1c(SCC(=O)Nc2ccc(F)c(F)c2F)nnc1-c1cccnc1. The van der Waals surface area contributed by atoms with Crippen LogP contribution >= 0.6 is 11.8 Å². The van der Waals surface area contributed by atoms with Crippen molar-refractivity contribution in [2.75, 3.05) is 17.7 Å². The summed E-state index contributed by atoms with van der Waals surface area (Å²) in [5.41, 5.74) is 0.896. The van der Waals surface area contributed by atoms with E-state index in [1.165, 1.54) is 0 Å². The summed E-state index contributed by atoms with van der Waals surface area (Å²) in [4.78, 5) is 16.6. The first-order chi connectivity index (χ1) is 16.5. The van der Waals surface area contributed by atoms with E-state index in [4.69, 9.17) is 4.74 Å². The Labute approximate surface area is 197 Å². The van der Waals surface area contributed by atoms with E-state index in [0.29, 0.717) is 34.6 Å². The van der Waals surface area contributed by atoms with Gasteiger partial charge in [0.15, 0.2) is 28.4 Å². The maximum Gasteiger partial charge on any atom is 0.234 e. The molecule has 0 spiro atoms. The summed E-state index contributed by atoms with van der Waals surface area (Å²) >= 11 is 1.04. The summed E-state index contributed by atoms with van der Waals surface area (Å²) in [6, 6.07) is 12.6. The van der Waals surface area contributed by atoms with Crippen LogP contribution < -0.4 is 10.1 Å². The normalized spacial score (nSPS) is 10.8. The van der Waals surface area contributed by atoms with Crippen LogP contribution in [0, 0.1) is 17.5 Å². The van der Waals surface area contributed by atoms with Gasteiger partial charge in [-0.15, -0.1) is 10.2 Å². The molecule has 2 aromatic heterocycles. The summed E-state index contributed by atoms with van der Waals surface area (Å²) in [7, 11) is 0. The van der Waals surface area contributed by atoms with Gasteiger partial charge in [-0.1, -0.05) is 23.9 Å². The van der Waals surface area contributed by atoms with Crippen LogP contribution in [0.5, 0.6) is 5.75 Å². The monoisotopic (exact) mass is 485 g/mol. The average molecular weight is 485 g/mol. The minimum absolute atomic E-state index is 0.194. The second-order valence-corrected chi connectivity index (χ2v) is 7.79. The van der Waals surface area contributed by atoms with Crippen molar-refractivity contribution < 1.29 is 22.7 Å². The van der Waals surface area contributed by atoms with Crippen LogP contribution in [0.25, 0.3) is 17.1 Å². The highest BCUT2D eigenvalue weighted by molar-refractivity contribution is 7.99. The molecular weight excluding hydrogens is 467 g/mol. The van der Waals surface area contributed by atoms with Gasteiger partial charge in [0.2, 0.25) is 5.91 Å². The molecule has 2 aromatic carbocycles. The van der Waals surface area contributed by atoms with E-state index in [1.54, 1.807) is 29.1 Å². The predicted molar refractivity (Wildman–Crippen MR) is 121 cm³/mol. The van der Waals surface area contributed by atoms with Gasteiger partial charge in [-0.05, 0) is 43.3 Å². The number of para-hydroxylation sites is 2. The number of amides is 1. The maximum absolute atomic E-state index is 13.9.